The van der Waals surface area contributed by atoms with Crippen molar-refractivity contribution in [2.24, 2.45) is 0 Å². The van der Waals surface area contributed by atoms with Gasteiger partial charge in [-0.1, -0.05) is 48.5 Å². The molecule has 0 atom stereocenters. The van der Waals surface area contributed by atoms with E-state index in [1.807, 2.05) is 53.9 Å². The predicted octanol–water partition coefficient (Wildman–Crippen LogP) is 4.06. The van der Waals surface area contributed by atoms with E-state index in [-0.39, 0.29) is 5.91 Å². The summed E-state index contributed by atoms with van der Waals surface area (Å²) in [5.41, 5.74) is 3.37. The first-order valence-electron chi connectivity index (χ1n) is 7.61. The van der Waals surface area contributed by atoms with Crippen LogP contribution in [0.1, 0.15) is 17.5 Å². The number of aromatic nitrogens is 1. The minimum Gasteiger partial charge on any atom is -0.352 e. The minimum atomic E-state index is 0.0773. The molecule has 1 amide bonds. The van der Waals surface area contributed by atoms with Crippen molar-refractivity contribution >= 4 is 17.2 Å². The highest BCUT2D eigenvalue weighted by Crippen LogP contribution is 2.22. The van der Waals surface area contributed by atoms with Crippen LogP contribution in [0, 0.1) is 0 Å². The van der Waals surface area contributed by atoms with Gasteiger partial charge in [0, 0.05) is 30.1 Å². The minimum absolute atomic E-state index is 0.0773. The maximum atomic E-state index is 12.0. The lowest BCUT2D eigenvalue weighted by Crippen LogP contribution is -2.22. The van der Waals surface area contributed by atoms with Crippen LogP contribution < -0.4 is 5.32 Å². The van der Waals surface area contributed by atoms with E-state index in [0.29, 0.717) is 13.0 Å². The number of carbonyl (C=O) groups excluding carboxylic acids is 1. The number of nitrogens with zero attached hydrogens (tertiary/aromatic N) is 1. The molecule has 0 saturated heterocycles. The zero-order chi connectivity index (χ0) is 15.9. The average Bonchev–Trinajstić information content (AvgIpc) is 3.14. The first-order valence-corrected chi connectivity index (χ1v) is 8.49. The number of amides is 1. The summed E-state index contributed by atoms with van der Waals surface area (Å²) in [6.07, 6.45) is 3.08. The molecule has 1 heterocycles. The second-order valence-corrected chi connectivity index (χ2v) is 6.19. The quantitative estimate of drug-likeness (QED) is 0.743. The van der Waals surface area contributed by atoms with Gasteiger partial charge in [0.05, 0.1) is 0 Å². The monoisotopic (exact) mass is 322 g/mol. The lowest BCUT2D eigenvalue weighted by Gasteiger charge is -2.07. The molecule has 3 rings (SSSR count). The van der Waals surface area contributed by atoms with E-state index >= 15 is 0 Å². The summed E-state index contributed by atoms with van der Waals surface area (Å²) in [4.78, 5) is 16.3. The van der Waals surface area contributed by atoms with Crippen molar-refractivity contribution in [3.05, 3.63) is 77.3 Å². The number of thiazole rings is 1. The zero-order valence-electron chi connectivity index (χ0n) is 12.7. The molecule has 0 aliphatic rings. The van der Waals surface area contributed by atoms with Crippen LogP contribution in [-0.2, 0) is 17.8 Å². The van der Waals surface area contributed by atoms with Gasteiger partial charge in [0.15, 0.2) is 0 Å². The lowest BCUT2D eigenvalue weighted by molar-refractivity contribution is -0.121. The largest absolute Gasteiger partial charge is 0.352 e. The average molecular weight is 322 g/mol. The third-order valence-electron chi connectivity index (χ3n) is 3.58. The van der Waals surface area contributed by atoms with E-state index in [1.165, 1.54) is 5.56 Å². The molecule has 0 aliphatic heterocycles. The van der Waals surface area contributed by atoms with E-state index < -0.39 is 0 Å². The summed E-state index contributed by atoms with van der Waals surface area (Å²) < 4.78 is 0. The molecule has 1 aromatic heterocycles. The van der Waals surface area contributed by atoms with Crippen molar-refractivity contribution < 1.29 is 4.79 Å². The Morgan fingerprint density at radius 3 is 2.65 bits per heavy atom. The molecule has 0 fully saturated rings. The van der Waals surface area contributed by atoms with E-state index in [9.17, 15) is 4.79 Å². The molecule has 2 aromatic carbocycles. The van der Waals surface area contributed by atoms with Gasteiger partial charge in [0.1, 0.15) is 5.01 Å². The SMILES string of the molecule is O=C(CCc1ccccc1)NCc1cccc(-c2nccs2)c1. The van der Waals surface area contributed by atoms with Crippen LogP contribution in [0.3, 0.4) is 0 Å². The van der Waals surface area contributed by atoms with Crippen molar-refractivity contribution in [1.82, 2.24) is 10.3 Å². The van der Waals surface area contributed by atoms with Crippen LogP contribution in [0.2, 0.25) is 0 Å². The molecular formula is C19H18N2OS. The Balaban J connectivity index is 1.52. The summed E-state index contributed by atoms with van der Waals surface area (Å²) >= 11 is 1.62. The van der Waals surface area contributed by atoms with Gasteiger partial charge in [0.25, 0.3) is 0 Å². The Bertz CT molecular complexity index is 754. The van der Waals surface area contributed by atoms with Crippen LogP contribution in [-0.4, -0.2) is 10.9 Å². The number of hydrogen-bond donors (Lipinski definition) is 1. The zero-order valence-corrected chi connectivity index (χ0v) is 13.6. The van der Waals surface area contributed by atoms with Gasteiger partial charge in [0.2, 0.25) is 5.91 Å². The predicted molar refractivity (Wildman–Crippen MR) is 94.2 cm³/mol. The highest BCUT2D eigenvalue weighted by Gasteiger charge is 2.04. The van der Waals surface area contributed by atoms with Gasteiger partial charge in [-0.3, -0.25) is 4.79 Å². The van der Waals surface area contributed by atoms with Crippen molar-refractivity contribution in [2.75, 3.05) is 0 Å². The second kappa shape index (κ2) is 7.70. The van der Waals surface area contributed by atoms with Gasteiger partial charge in [-0.2, -0.15) is 0 Å². The summed E-state index contributed by atoms with van der Waals surface area (Å²) in [7, 11) is 0. The Morgan fingerprint density at radius 1 is 1.04 bits per heavy atom. The summed E-state index contributed by atoms with van der Waals surface area (Å²) in [5.74, 6) is 0.0773. The summed E-state index contributed by atoms with van der Waals surface area (Å²) in [5, 5.41) is 5.95. The molecule has 23 heavy (non-hydrogen) atoms. The standard InChI is InChI=1S/C19H18N2OS/c22-18(10-9-15-5-2-1-3-6-15)21-14-16-7-4-8-17(13-16)19-20-11-12-23-19/h1-8,11-13H,9-10,14H2,(H,21,22). The maximum absolute atomic E-state index is 12.0. The molecule has 0 unspecified atom stereocenters. The third-order valence-corrected chi connectivity index (χ3v) is 4.40. The fraction of sp³-hybridized carbons (Fsp3) is 0.158. The Morgan fingerprint density at radius 2 is 1.87 bits per heavy atom. The number of carbonyl (C=O) groups is 1. The normalized spacial score (nSPS) is 10.4. The number of hydrogen-bond acceptors (Lipinski definition) is 3. The smallest absolute Gasteiger partial charge is 0.220 e. The number of rotatable bonds is 6. The van der Waals surface area contributed by atoms with Gasteiger partial charge in [-0.15, -0.1) is 11.3 Å². The molecular weight excluding hydrogens is 304 g/mol. The molecule has 0 spiro atoms. The molecule has 3 aromatic rings. The van der Waals surface area contributed by atoms with E-state index in [2.05, 4.69) is 16.4 Å². The first-order chi connectivity index (χ1) is 11.3. The van der Waals surface area contributed by atoms with Crippen LogP contribution >= 0.6 is 11.3 Å². The summed E-state index contributed by atoms with van der Waals surface area (Å²) in [6.45, 7) is 0.548. The second-order valence-electron chi connectivity index (χ2n) is 5.30. The molecule has 0 aliphatic carbocycles. The lowest BCUT2D eigenvalue weighted by atomic mass is 10.1. The van der Waals surface area contributed by atoms with Crippen LogP contribution in [0.4, 0.5) is 0 Å². The van der Waals surface area contributed by atoms with Crippen molar-refractivity contribution in [3.8, 4) is 10.6 Å². The topological polar surface area (TPSA) is 42.0 Å². The Kier molecular flexibility index (Phi) is 5.17. The third kappa shape index (κ3) is 4.50. The maximum Gasteiger partial charge on any atom is 0.220 e. The van der Waals surface area contributed by atoms with E-state index in [4.69, 9.17) is 0 Å². The van der Waals surface area contributed by atoms with Gasteiger partial charge in [-0.25, -0.2) is 4.98 Å². The Hall–Kier alpha value is -2.46. The van der Waals surface area contributed by atoms with Gasteiger partial charge >= 0.3 is 0 Å². The fourth-order valence-electron chi connectivity index (χ4n) is 2.37. The Labute approximate surface area is 140 Å². The number of benzene rings is 2. The van der Waals surface area contributed by atoms with Crippen LogP contribution in [0.5, 0.6) is 0 Å². The van der Waals surface area contributed by atoms with Gasteiger partial charge < -0.3 is 5.32 Å². The molecule has 0 radical (unpaired) electrons. The summed E-state index contributed by atoms with van der Waals surface area (Å²) in [6, 6.07) is 18.2. The number of aryl methyl sites for hydroxylation is 1. The van der Waals surface area contributed by atoms with Gasteiger partial charge in [-0.05, 0) is 23.6 Å². The van der Waals surface area contributed by atoms with Crippen LogP contribution in [0.15, 0.2) is 66.2 Å². The van der Waals surface area contributed by atoms with E-state index in [0.717, 1.165) is 22.6 Å². The molecule has 0 bridgehead atoms. The van der Waals surface area contributed by atoms with E-state index in [1.54, 1.807) is 17.5 Å². The first kappa shape index (κ1) is 15.4. The number of nitrogens with one attached hydrogen (secondary N) is 1. The molecule has 3 nitrogen and oxygen atoms in total. The van der Waals surface area contributed by atoms with Crippen molar-refractivity contribution in [1.29, 1.82) is 0 Å². The van der Waals surface area contributed by atoms with Crippen molar-refractivity contribution in [3.63, 3.8) is 0 Å². The molecule has 116 valence electrons. The van der Waals surface area contributed by atoms with Crippen molar-refractivity contribution in [2.45, 2.75) is 19.4 Å². The molecule has 0 saturated carbocycles. The highest BCUT2D eigenvalue weighted by molar-refractivity contribution is 7.13. The fourth-order valence-corrected chi connectivity index (χ4v) is 3.01. The van der Waals surface area contributed by atoms with Crippen LogP contribution in [0.25, 0.3) is 10.6 Å². The molecule has 4 heteroatoms. The highest BCUT2D eigenvalue weighted by atomic mass is 32.1. The molecule has 1 N–H and O–H groups in total.